The molecule has 2 aromatic carbocycles. The van der Waals surface area contributed by atoms with Crippen molar-refractivity contribution < 1.29 is 18.7 Å². The van der Waals surface area contributed by atoms with Crippen molar-refractivity contribution in [3.05, 3.63) is 65.2 Å². The minimum absolute atomic E-state index is 0.00935. The maximum Gasteiger partial charge on any atom is 0.223 e. The Bertz CT molecular complexity index is 1400. The van der Waals surface area contributed by atoms with Gasteiger partial charge in [0.15, 0.2) is 11.5 Å². The molecule has 3 heterocycles. The molecule has 1 aliphatic heterocycles. The molecule has 1 aliphatic carbocycles. The molecule has 0 fully saturated rings. The van der Waals surface area contributed by atoms with Crippen molar-refractivity contribution in [1.82, 2.24) is 15.3 Å². The first kappa shape index (κ1) is 20.0. The minimum atomic E-state index is -0.274. The Morgan fingerprint density at radius 3 is 3.03 bits per heavy atom. The van der Waals surface area contributed by atoms with Gasteiger partial charge in [0.25, 0.3) is 0 Å². The third-order valence-electron chi connectivity index (χ3n) is 6.66. The van der Waals surface area contributed by atoms with Crippen molar-refractivity contribution in [1.29, 1.82) is 0 Å². The van der Waals surface area contributed by atoms with Gasteiger partial charge < -0.3 is 19.8 Å². The van der Waals surface area contributed by atoms with Crippen molar-refractivity contribution >= 4 is 27.7 Å². The maximum atomic E-state index is 13.7. The van der Waals surface area contributed by atoms with Gasteiger partial charge in [-0.15, -0.1) is 0 Å². The van der Waals surface area contributed by atoms with Gasteiger partial charge in [0.05, 0.1) is 12.1 Å². The van der Waals surface area contributed by atoms with Crippen LogP contribution in [0, 0.1) is 18.7 Å². The van der Waals surface area contributed by atoms with Crippen LogP contribution < -0.4 is 14.8 Å². The van der Waals surface area contributed by atoms with Gasteiger partial charge in [0.2, 0.25) is 5.91 Å². The number of rotatable bonds is 3. The van der Waals surface area contributed by atoms with Crippen LogP contribution in [-0.4, -0.2) is 35.1 Å². The Morgan fingerprint density at radius 2 is 2.12 bits per heavy atom. The highest BCUT2D eigenvalue weighted by Crippen LogP contribution is 2.38. The first-order chi connectivity index (χ1) is 16.0. The second-order valence-electron chi connectivity index (χ2n) is 8.92. The molecule has 0 bridgehead atoms. The number of aromatic amines is 1. The molecule has 2 aromatic heterocycles. The molecule has 0 saturated carbocycles. The van der Waals surface area contributed by atoms with E-state index in [-0.39, 0.29) is 23.7 Å². The van der Waals surface area contributed by atoms with Gasteiger partial charge in [-0.05, 0) is 74.2 Å². The quantitative estimate of drug-likeness (QED) is 0.495. The summed E-state index contributed by atoms with van der Waals surface area (Å²) in [4.78, 5) is 20.8. The van der Waals surface area contributed by atoms with E-state index in [1.54, 1.807) is 12.1 Å². The summed E-state index contributed by atoms with van der Waals surface area (Å²) in [6.07, 6.45) is 1.84. The minimum Gasteiger partial charge on any atom is -0.486 e. The number of pyridine rings is 1. The summed E-state index contributed by atoms with van der Waals surface area (Å²) in [6.45, 7) is 2.70. The summed E-state index contributed by atoms with van der Waals surface area (Å²) < 4.78 is 25.8. The smallest absolute Gasteiger partial charge is 0.223 e. The fraction of sp³-hybridized carbons (Fsp3) is 0.308. The normalized spacial score (nSPS) is 19.5. The summed E-state index contributed by atoms with van der Waals surface area (Å²) in [5.74, 6) is 1.03. The molecule has 2 N–H and O–H groups in total. The number of nitrogens with zero attached hydrogens (tertiary/aromatic N) is 1. The molecule has 2 atom stereocenters. The lowest BCUT2D eigenvalue weighted by Gasteiger charge is -2.28. The van der Waals surface area contributed by atoms with E-state index < -0.39 is 0 Å². The number of aromatic nitrogens is 2. The van der Waals surface area contributed by atoms with E-state index in [0.29, 0.717) is 31.1 Å². The lowest BCUT2D eigenvalue weighted by Crippen LogP contribution is -2.43. The fourth-order valence-corrected chi connectivity index (χ4v) is 4.96. The number of aryl methyl sites for hydroxylation is 2. The second kappa shape index (κ2) is 7.76. The van der Waals surface area contributed by atoms with E-state index >= 15 is 0 Å². The van der Waals surface area contributed by atoms with Crippen LogP contribution in [0.25, 0.3) is 21.8 Å². The SMILES string of the molecule is Cc1ccc2c3c(ccc2n1)OC[C@H](CNC(=O)C1CCc2c([nH]c4ccc(F)cc24)C1)O3. The number of hydrogen-bond donors (Lipinski definition) is 2. The molecule has 168 valence electrons. The average Bonchev–Trinajstić information content (AvgIpc) is 3.19. The number of carbonyl (C=O) groups is 1. The molecule has 33 heavy (non-hydrogen) atoms. The van der Waals surface area contributed by atoms with Crippen LogP contribution in [0.15, 0.2) is 42.5 Å². The van der Waals surface area contributed by atoms with Gasteiger partial charge in [-0.1, -0.05) is 0 Å². The Hall–Kier alpha value is -3.61. The van der Waals surface area contributed by atoms with E-state index in [1.165, 1.54) is 6.07 Å². The van der Waals surface area contributed by atoms with Crippen LogP contribution in [0.1, 0.15) is 23.4 Å². The molecule has 0 saturated heterocycles. The molecule has 1 unspecified atom stereocenters. The number of carbonyl (C=O) groups excluding carboxylic acids is 1. The van der Waals surface area contributed by atoms with Gasteiger partial charge >= 0.3 is 0 Å². The van der Waals surface area contributed by atoms with Crippen molar-refractivity contribution in [2.75, 3.05) is 13.2 Å². The Morgan fingerprint density at radius 1 is 1.21 bits per heavy atom. The van der Waals surface area contributed by atoms with Crippen LogP contribution in [-0.2, 0) is 17.6 Å². The number of H-pyrrole nitrogens is 1. The zero-order valence-electron chi connectivity index (χ0n) is 18.3. The van der Waals surface area contributed by atoms with E-state index in [0.717, 1.165) is 51.6 Å². The highest BCUT2D eigenvalue weighted by Gasteiger charge is 2.29. The topological polar surface area (TPSA) is 76.2 Å². The summed E-state index contributed by atoms with van der Waals surface area (Å²) in [7, 11) is 0. The largest absolute Gasteiger partial charge is 0.486 e. The van der Waals surface area contributed by atoms with Gasteiger partial charge in [-0.25, -0.2) is 4.39 Å². The standard InChI is InChI=1S/C26H24FN3O3/c1-14-2-5-19-21(29-14)8-9-24-25(19)33-17(13-32-24)12-28-26(31)15-3-6-18-20-11-16(27)4-7-22(20)30-23(18)10-15/h2,4-5,7-9,11,15,17,30H,3,6,10,12-13H2,1H3,(H,28,31)/t15?,17-/m0/s1. The molecular formula is C26H24FN3O3. The Kier molecular flexibility index (Phi) is 4.71. The molecule has 1 amide bonds. The average molecular weight is 445 g/mol. The summed E-state index contributed by atoms with van der Waals surface area (Å²) >= 11 is 0. The van der Waals surface area contributed by atoms with Gasteiger partial charge in [-0.3, -0.25) is 9.78 Å². The van der Waals surface area contributed by atoms with Crippen LogP contribution in [0.5, 0.6) is 11.5 Å². The van der Waals surface area contributed by atoms with Crippen LogP contribution in [0.3, 0.4) is 0 Å². The van der Waals surface area contributed by atoms with E-state index in [2.05, 4.69) is 15.3 Å². The number of amides is 1. The highest BCUT2D eigenvalue weighted by molar-refractivity contribution is 5.88. The van der Waals surface area contributed by atoms with Crippen LogP contribution in [0.4, 0.5) is 4.39 Å². The van der Waals surface area contributed by atoms with Crippen LogP contribution in [0.2, 0.25) is 0 Å². The van der Waals surface area contributed by atoms with Crippen molar-refractivity contribution in [2.45, 2.75) is 32.3 Å². The second-order valence-corrected chi connectivity index (χ2v) is 8.92. The lowest BCUT2D eigenvalue weighted by atomic mass is 9.86. The number of hydrogen-bond acceptors (Lipinski definition) is 4. The number of fused-ring (bicyclic) bond motifs is 6. The summed E-state index contributed by atoms with van der Waals surface area (Å²) in [5, 5.41) is 4.88. The number of ether oxygens (including phenoxy) is 2. The highest BCUT2D eigenvalue weighted by atomic mass is 19.1. The predicted octanol–water partition coefficient (Wildman–Crippen LogP) is 4.22. The van der Waals surface area contributed by atoms with E-state index in [9.17, 15) is 9.18 Å². The number of benzene rings is 2. The van der Waals surface area contributed by atoms with Crippen LogP contribution >= 0.6 is 0 Å². The van der Waals surface area contributed by atoms with Gasteiger partial charge in [0.1, 0.15) is 18.5 Å². The lowest BCUT2D eigenvalue weighted by molar-refractivity contribution is -0.125. The first-order valence-corrected chi connectivity index (χ1v) is 11.3. The molecule has 6 nitrogen and oxygen atoms in total. The van der Waals surface area contributed by atoms with Gasteiger partial charge in [-0.2, -0.15) is 0 Å². The number of halogens is 1. The van der Waals surface area contributed by atoms with Crippen molar-refractivity contribution in [2.24, 2.45) is 5.92 Å². The fourth-order valence-electron chi connectivity index (χ4n) is 4.96. The van der Waals surface area contributed by atoms with E-state index in [1.807, 2.05) is 31.2 Å². The molecular weight excluding hydrogens is 421 g/mol. The molecule has 0 spiro atoms. The summed E-state index contributed by atoms with van der Waals surface area (Å²) in [6, 6.07) is 12.5. The molecule has 7 heteroatoms. The third kappa shape index (κ3) is 3.57. The maximum absolute atomic E-state index is 13.7. The third-order valence-corrected chi connectivity index (χ3v) is 6.66. The number of nitrogens with one attached hydrogen (secondary N) is 2. The Balaban J connectivity index is 1.13. The molecule has 6 rings (SSSR count). The first-order valence-electron chi connectivity index (χ1n) is 11.3. The molecule has 2 aliphatic rings. The Labute approximate surface area is 190 Å². The van der Waals surface area contributed by atoms with E-state index in [4.69, 9.17) is 9.47 Å². The molecule has 4 aromatic rings. The van der Waals surface area contributed by atoms with Crippen molar-refractivity contribution in [3.63, 3.8) is 0 Å². The monoisotopic (exact) mass is 445 g/mol. The predicted molar refractivity (Wildman–Crippen MR) is 123 cm³/mol. The zero-order valence-corrected chi connectivity index (χ0v) is 18.3. The molecule has 0 radical (unpaired) electrons. The van der Waals surface area contributed by atoms with Crippen molar-refractivity contribution in [3.8, 4) is 11.5 Å². The zero-order chi connectivity index (χ0) is 22.5. The van der Waals surface area contributed by atoms with Gasteiger partial charge in [0, 0.05) is 33.6 Å². The summed E-state index contributed by atoms with van der Waals surface area (Å²) in [5.41, 5.74) is 4.88.